The van der Waals surface area contributed by atoms with Gasteiger partial charge in [0.05, 0.1) is 0 Å². The van der Waals surface area contributed by atoms with Gasteiger partial charge in [0, 0.05) is 0 Å². The number of benzene rings is 1. The molecule has 116 valence electrons. The molecule has 0 radical (unpaired) electrons. The van der Waals surface area contributed by atoms with Crippen LogP contribution in [0.25, 0.3) is 0 Å². The first-order chi connectivity index (χ1) is 10.2. The van der Waals surface area contributed by atoms with Crippen LogP contribution >= 0.6 is 0 Å². The summed E-state index contributed by atoms with van der Waals surface area (Å²) >= 11 is 0.516. The molecule has 0 N–H and O–H groups in total. The molecule has 2 rings (SSSR count). The molecule has 3 heteroatoms. The first-order valence-corrected chi connectivity index (χ1v) is 10.3. The monoisotopic (exact) mass is 352 g/mol. The summed E-state index contributed by atoms with van der Waals surface area (Å²) in [7, 11) is 0. The van der Waals surface area contributed by atoms with E-state index in [4.69, 9.17) is 4.99 Å². The Hall–Kier alpha value is -0.791. The van der Waals surface area contributed by atoms with E-state index in [0.29, 0.717) is 15.0 Å². The number of amidine groups is 1. The molecule has 1 heterocycles. The number of likely N-dealkylation sites (tertiary alicyclic amines) is 1. The minimum atomic E-state index is 0.516. The summed E-state index contributed by atoms with van der Waals surface area (Å²) in [5.74, 6) is 0. The Kier molecular flexibility index (Phi) is 6.79. The van der Waals surface area contributed by atoms with Gasteiger partial charge in [0.2, 0.25) is 0 Å². The molecule has 0 amide bonds. The van der Waals surface area contributed by atoms with E-state index in [9.17, 15) is 0 Å². The van der Waals surface area contributed by atoms with Crippen molar-refractivity contribution >= 4 is 25.4 Å². The van der Waals surface area contributed by atoms with Gasteiger partial charge < -0.3 is 0 Å². The predicted molar refractivity (Wildman–Crippen MR) is 93.9 cm³/mol. The molecule has 0 spiro atoms. The number of hydrogen-bond donors (Lipinski definition) is 0. The van der Waals surface area contributed by atoms with Crippen LogP contribution in [-0.2, 0) is 0 Å². The van der Waals surface area contributed by atoms with Gasteiger partial charge >= 0.3 is 136 Å². The van der Waals surface area contributed by atoms with E-state index >= 15 is 0 Å². The Morgan fingerprint density at radius 1 is 1.14 bits per heavy atom. The van der Waals surface area contributed by atoms with E-state index in [2.05, 4.69) is 43.9 Å². The van der Waals surface area contributed by atoms with Crippen LogP contribution < -0.4 is 0 Å². The molecule has 1 aromatic rings. The Morgan fingerprint density at radius 3 is 2.43 bits per heavy atom. The van der Waals surface area contributed by atoms with Crippen LogP contribution in [0.1, 0.15) is 50.2 Å². The van der Waals surface area contributed by atoms with Gasteiger partial charge in [-0.05, 0) is 0 Å². The normalized spacial score (nSPS) is 16.3. The Balaban J connectivity index is 2.22. The molecule has 0 atom stereocenters. The van der Waals surface area contributed by atoms with Crippen molar-refractivity contribution in [2.75, 3.05) is 13.1 Å². The standard InChI is InChI=1S/C18H28N2Se/c1-4-5-14-21-18(20-12-7-6-8-13-20)19-17-15(2)10-9-11-16(17)3/h9-11H,4-8,12-14H2,1-3H3. The van der Waals surface area contributed by atoms with E-state index in [0.717, 1.165) is 0 Å². The molecule has 0 aliphatic carbocycles. The Morgan fingerprint density at radius 2 is 1.81 bits per heavy atom. The van der Waals surface area contributed by atoms with Crippen LogP contribution in [0.3, 0.4) is 0 Å². The molecule has 1 aromatic carbocycles. The molecule has 21 heavy (non-hydrogen) atoms. The van der Waals surface area contributed by atoms with Gasteiger partial charge in [-0.2, -0.15) is 0 Å². The third kappa shape index (κ3) is 4.86. The van der Waals surface area contributed by atoms with Crippen molar-refractivity contribution in [2.45, 2.75) is 58.2 Å². The van der Waals surface area contributed by atoms with E-state index in [1.54, 1.807) is 0 Å². The van der Waals surface area contributed by atoms with Crippen molar-refractivity contribution in [2.24, 2.45) is 4.99 Å². The topological polar surface area (TPSA) is 15.6 Å². The summed E-state index contributed by atoms with van der Waals surface area (Å²) < 4.78 is 1.38. The molecular formula is C18H28N2Se. The summed E-state index contributed by atoms with van der Waals surface area (Å²) in [4.78, 5) is 7.68. The number of aliphatic imine (C=N–C) groups is 1. The Bertz CT molecular complexity index is 456. The molecule has 0 aromatic heterocycles. The van der Waals surface area contributed by atoms with Gasteiger partial charge in [-0.25, -0.2) is 0 Å². The number of hydrogen-bond acceptors (Lipinski definition) is 1. The van der Waals surface area contributed by atoms with Gasteiger partial charge in [-0.15, -0.1) is 0 Å². The van der Waals surface area contributed by atoms with Gasteiger partial charge in [-0.1, -0.05) is 0 Å². The van der Waals surface area contributed by atoms with E-state index in [1.807, 2.05) is 0 Å². The van der Waals surface area contributed by atoms with Crippen LogP contribution in [0.5, 0.6) is 0 Å². The summed E-state index contributed by atoms with van der Waals surface area (Å²) in [6, 6.07) is 6.49. The van der Waals surface area contributed by atoms with Crippen LogP contribution in [0, 0.1) is 13.8 Å². The molecule has 2 nitrogen and oxygen atoms in total. The number of piperidine rings is 1. The molecule has 1 saturated heterocycles. The average Bonchev–Trinajstić information content (AvgIpc) is 2.50. The first kappa shape index (κ1) is 16.6. The van der Waals surface area contributed by atoms with Crippen LogP contribution in [-0.4, -0.2) is 37.7 Å². The molecule has 1 aliphatic heterocycles. The predicted octanol–water partition coefficient (Wildman–Crippen LogP) is 4.70. The minimum absolute atomic E-state index is 0.516. The van der Waals surface area contributed by atoms with Gasteiger partial charge in [0.25, 0.3) is 0 Å². The van der Waals surface area contributed by atoms with Gasteiger partial charge in [0.1, 0.15) is 0 Å². The van der Waals surface area contributed by atoms with Crippen molar-refractivity contribution in [1.29, 1.82) is 0 Å². The average molecular weight is 351 g/mol. The van der Waals surface area contributed by atoms with Crippen LogP contribution in [0.15, 0.2) is 23.2 Å². The quantitative estimate of drug-likeness (QED) is 0.325. The third-order valence-corrected chi connectivity index (χ3v) is 6.31. The molecular weight excluding hydrogens is 323 g/mol. The van der Waals surface area contributed by atoms with E-state index < -0.39 is 0 Å². The molecule has 0 unspecified atom stereocenters. The fourth-order valence-corrected chi connectivity index (χ4v) is 5.05. The van der Waals surface area contributed by atoms with Gasteiger partial charge in [-0.3, -0.25) is 0 Å². The maximum atomic E-state index is 5.12. The fourth-order valence-electron chi connectivity index (χ4n) is 2.66. The second kappa shape index (κ2) is 8.60. The van der Waals surface area contributed by atoms with Crippen molar-refractivity contribution in [3.05, 3.63) is 29.3 Å². The molecule has 1 aliphatic rings. The number of nitrogens with zero attached hydrogens (tertiary/aromatic N) is 2. The summed E-state index contributed by atoms with van der Waals surface area (Å²) in [6.45, 7) is 9.05. The number of aryl methyl sites for hydroxylation is 2. The third-order valence-electron chi connectivity index (χ3n) is 4.00. The summed E-state index contributed by atoms with van der Waals surface area (Å²) in [5, 5.41) is 1.32. The molecule has 0 saturated carbocycles. The zero-order valence-electron chi connectivity index (χ0n) is 13.7. The van der Waals surface area contributed by atoms with Crippen molar-refractivity contribution in [3.63, 3.8) is 0 Å². The van der Waals surface area contributed by atoms with Gasteiger partial charge in [0.15, 0.2) is 0 Å². The second-order valence-electron chi connectivity index (χ2n) is 5.88. The van der Waals surface area contributed by atoms with Crippen LogP contribution in [0.2, 0.25) is 5.32 Å². The summed E-state index contributed by atoms with van der Waals surface area (Å²) in [6.07, 6.45) is 6.67. The zero-order valence-corrected chi connectivity index (χ0v) is 15.4. The number of rotatable bonds is 5. The van der Waals surface area contributed by atoms with Crippen molar-refractivity contribution in [1.82, 2.24) is 4.90 Å². The van der Waals surface area contributed by atoms with E-state index in [1.165, 1.54) is 72.1 Å². The van der Waals surface area contributed by atoms with Crippen molar-refractivity contribution in [3.8, 4) is 0 Å². The van der Waals surface area contributed by atoms with Crippen molar-refractivity contribution < 1.29 is 0 Å². The fraction of sp³-hybridized carbons (Fsp3) is 0.611. The first-order valence-electron chi connectivity index (χ1n) is 8.25. The summed E-state index contributed by atoms with van der Waals surface area (Å²) in [5.41, 5.74) is 3.81. The zero-order chi connectivity index (χ0) is 15.1. The number of unbranched alkanes of at least 4 members (excludes halogenated alkanes) is 1. The second-order valence-corrected chi connectivity index (χ2v) is 8.11. The molecule has 0 bridgehead atoms. The van der Waals surface area contributed by atoms with Crippen LogP contribution in [0.4, 0.5) is 5.69 Å². The SMILES string of the molecule is CCCC[Se]C(=Nc1c(C)cccc1C)N1CCCCC1. The maximum absolute atomic E-state index is 5.12. The van der Waals surface area contributed by atoms with E-state index in [-0.39, 0.29) is 0 Å². The number of para-hydroxylation sites is 1. The Labute approximate surface area is 136 Å². The molecule has 1 fully saturated rings.